The number of benzene rings is 2. The van der Waals surface area contributed by atoms with Crippen LogP contribution in [0.4, 0.5) is 14.5 Å². The van der Waals surface area contributed by atoms with E-state index in [0.717, 1.165) is 32.1 Å². The van der Waals surface area contributed by atoms with Crippen LogP contribution in [0.25, 0.3) is 0 Å². The largest absolute Gasteiger partial charge is 0.379 e. The number of hydrogen-bond acceptors (Lipinski definition) is 6. The maximum Gasteiger partial charge on any atom is 0.241 e. The molecule has 8 nitrogen and oxygen atoms in total. The lowest BCUT2D eigenvalue weighted by Gasteiger charge is -2.37. The average molecular weight is 653 g/mol. The molecule has 2 aliphatic heterocycles. The third-order valence-corrected chi connectivity index (χ3v) is 11.8. The van der Waals surface area contributed by atoms with Crippen molar-refractivity contribution in [3.63, 3.8) is 0 Å². The fourth-order valence-electron chi connectivity index (χ4n) is 7.21. The van der Waals surface area contributed by atoms with Crippen molar-refractivity contribution in [2.45, 2.75) is 88.4 Å². The van der Waals surface area contributed by atoms with Crippen molar-refractivity contribution >= 4 is 33.2 Å². The highest BCUT2D eigenvalue weighted by Gasteiger charge is 2.39. The zero-order valence-electron chi connectivity index (χ0n) is 25.1. The maximum absolute atomic E-state index is 15.2. The summed E-state index contributed by atoms with van der Waals surface area (Å²) in [5.74, 6) is -1.92. The Morgan fingerprint density at radius 2 is 1.93 bits per heavy atom. The monoisotopic (exact) mass is 652 g/mol. The Bertz CT molecular complexity index is 1420. The van der Waals surface area contributed by atoms with E-state index in [1.807, 2.05) is 6.92 Å². The van der Waals surface area contributed by atoms with Gasteiger partial charge in [0.2, 0.25) is 15.9 Å². The molecule has 2 saturated heterocycles. The van der Waals surface area contributed by atoms with Gasteiger partial charge in [-0.2, -0.15) is 4.31 Å². The van der Waals surface area contributed by atoms with Crippen molar-refractivity contribution in [3.05, 3.63) is 64.2 Å². The molecule has 44 heavy (non-hydrogen) atoms. The summed E-state index contributed by atoms with van der Waals surface area (Å²) in [6, 6.07) is 7.81. The number of fused-ring (bicyclic) bond motifs is 2. The number of amides is 1. The third-order valence-electron chi connectivity index (χ3n) is 9.51. The number of nitrogens with zero attached hydrogens (tertiary/aromatic N) is 1. The maximum atomic E-state index is 15.2. The summed E-state index contributed by atoms with van der Waals surface area (Å²) in [5.41, 5.74) is 7.85. The first kappa shape index (κ1) is 33.2. The van der Waals surface area contributed by atoms with Gasteiger partial charge in [0.25, 0.3) is 0 Å². The van der Waals surface area contributed by atoms with Crippen LogP contribution in [0.1, 0.15) is 68.9 Å². The van der Waals surface area contributed by atoms with E-state index in [2.05, 4.69) is 10.6 Å². The van der Waals surface area contributed by atoms with E-state index in [0.29, 0.717) is 49.4 Å². The lowest BCUT2D eigenvalue weighted by Crippen LogP contribution is -2.57. The topological polar surface area (TPSA) is 114 Å². The first-order chi connectivity index (χ1) is 21.1. The molecule has 1 saturated carbocycles. The number of anilines is 1. The van der Waals surface area contributed by atoms with Crippen LogP contribution in [0.15, 0.2) is 36.4 Å². The fraction of sp³-hybridized carbons (Fsp3) is 0.594. The van der Waals surface area contributed by atoms with E-state index >= 15 is 4.39 Å². The summed E-state index contributed by atoms with van der Waals surface area (Å²) in [7, 11) is -3.38. The zero-order chi connectivity index (χ0) is 31.4. The summed E-state index contributed by atoms with van der Waals surface area (Å²) < 4.78 is 63.0. The molecule has 0 spiro atoms. The second kappa shape index (κ2) is 14.5. The molecule has 3 fully saturated rings. The van der Waals surface area contributed by atoms with Gasteiger partial charge in [-0.1, -0.05) is 23.7 Å². The highest BCUT2D eigenvalue weighted by Crippen LogP contribution is 2.40. The molecule has 1 amide bonds. The first-order valence-corrected chi connectivity index (χ1v) is 17.7. The predicted octanol–water partition coefficient (Wildman–Crippen LogP) is 4.96. The quantitative estimate of drug-likeness (QED) is 0.334. The molecular weight excluding hydrogens is 610 g/mol. The number of halogens is 3. The van der Waals surface area contributed by atoms with Crippen molar-refractivity contribution in [2.24, 2.45) is 11.7 Å². The Kier molecular flexibility index (Phi) is 11.0. The lowest BCUT2D eigenvalue weighted by molar-refractivity contribution is -0.118. The van der Waals surface area contributed by atoms with Gasteiger partial charge in [-0.3, -0.25) is 4.79 Å². The minimum Gasteiger partial charge on any atom is -0.379 e. The Morgan fingerprint density at radius 1 is 1.16 bits per heavy atom. The van der Waals surface area contributed by atoms with Crippen LogP contribution in [0, 0.1) is 17.6 Å². The van der Waals surface area contributed by atoms with Gasteiger partial charge in [-0.05, 0) is 94.0 Å². The fourth-order valence-corrected chi connectivity index (χ4v) is 9.13. The summed E-state index contributed by atoms with van der Waals surface area (Å²) in [6.45, 7) is 3.51. The molecule has 5 rings (SSSR count). The highest BCUT2D eigenvalue weighted by molar-refractivity contribution is 7.89. The van der Waals surface area contributed by atoms with Gasteiger partial charge < -0.3 is 21.1 Å². The van der Waals surface area contributed by atoms with Crippen molar-refractivity contribution in [2.75, 3.05) is 30.8 Å². The van der Waals surface area contributed by atoms with E-state index < -0.39 is 39.5 Å². The molecule has 1 aliphatic carbocycles. The van der Waals surface area contributed by atoms with Crippen molar-refractivity contribution in [1.82, 2.24) is 9.62 Å². The summed E-state index contributed by atoms with van der Waals surface area (Å²) in [4.78, 5) is 13.7. The van der Waals surface area contributed by atoms with Crippen LogP contribution in [0.5, 0.6) is 0 Å². The highest BCUT2D eigenvalue weighted by atomic mass is 35.5. The molecule has 2 aromatic carbocycles. The number of carbonyl (C=O) groups is 1. The molecule has 242 valence electrons. The van der Waals surface area contributed by atoms with E-state index in [4.69, 9.17) is 22.1 Å². The lowest BCUT2D eigenvalue weighted by atomic mass is 9.72. The standard InChI is InChI=1S/C32H43ClF2N4O4S/c1-2-43-24-12-8-20(9-13-24)30(21-10-15-26(33)28(35)17-21)31(36)32(40)38-29-7-3-6-27(34)25(29)14-11-23-18-37-22-5-4-16-44(41,42)39(23)19-22/h3,6-7,10,15,17,20,22-24,30-31,37H,2,4-5,8-9,11-14,16,18-19,36H2,1H3,(H,38,40)/t20-,22-,23+,24-,30-,31+/m1/s1. The Hall–Kier alpha value is -2.15. The normalized spacial score (nSPS) is 28.1. The van der Waals surface area contributed by atoms with E-state index in [9.17, 15) is 17.6 Å². The van der Waals surface area contributed by atoms with Crippen LogP contribution < -0.4 is 16.4 Å². The number of carbonyl (C=O) groups excluding carboxylic acids is 1. The molecular formula is C32H43ClF2N4O4S. The number of rotatable bonds is 10. The number of sulfonamides is 1. The Balaban J connectivity index is 1.33. The van der Waals surface area contributed by atoms with Gasteiger partial charge in [-0.15, -0.1) is 0 Å². The zero-order valence-corrected chi connectivity index (χ0v) is 26.7. The third kappa shape index (κ3) is 7.62. The first-order valence-electron chi connectivity index (χ1n) is 15.7. The van der Waals surface area contributed by atoms with Crippen molar-refractivity contribution < 1.29 is 26.7 Å². The summed E-state index contributed by atoms with van der Waals surface area (Å²) in [5, 5.41) is 6.29. The number of nitrogens with one attached hydrogen (secondary N) is 2. The van der Waals surface area contributed by atoms with Crippen LogP contribution in [-0.2, 0) is 26.0 Å². The molecule has 3 aliphatic rings. The van der Waals surface area contributed by atoms with E-state index in [-0.39, 0.29) is 41.3 Å². The summed E-state index contributed by atoms with van der Waals surface area (Å²) >= 11 is 5.97. The van der Waals surface area contributed by atoms with Gasteiger partial charge in [0.1, 0.15) is 11.6 Å². The molecule has 4 N–H and O–H groups in total. The van der Waals surface area contributed by atoms with E-state index in [1.54, 1.807) is 16.4 Å². The van der Waals surface area contributed by atoms with Gasteiger partial charge >= 0.3 is 0 Å². The smallest absolute Gasteiger partial charge is 0.241 e. The number of nitrogens with two attached hydrogens (primary N) is 1. The molecule has 2 aromatic rings. The van der Waals surface area contributed by atoms with Gasteiger partial charge in [0.05, 0.1) is 22.9 Å². The Morgan fingerprint density at radius 3 is 2.66 bits per heavy atom. The number of hydrogen-bond donors (Lipinski definition) is 3. The second-order valence-corrected chi connectivity index (χ2v) is 14.7. The van der Waals surface area contributed by atoms with Crippen LogP contribution in [0.2, 0.25) is 5.02 Å². The second-order valence-electron chi connectivity index (χ2n) is 12.3. The van der Waals surface area contributed by atoms with Gasteiger partial charge in [0.15, 0.2) is 0 Å². The van der Waals surface area contributed by atoms with Gasteiger partial charge in [0, 0.05) is 48.9 Å². The number of ether oxygens (including phenoxy) is 1. The minimum absolute atomic E-state index is 0.00774. The summed E-state index contributed by atoms with van der Waals surface area (Å²) in [6.07, 6.45) is 5.36. The van der Waals surface area contributed by atoms with Crippen LogP contribution in [0.3, 0.4) is 0 Å². The van der Waals surface area contributed by atoms with Crippen LogP contribution in [-0.4, -0.2) is 68.3 Å². The van der Waals surface area contributed by atoms with Crippen molar-refractivity contribution in [3.8, 4) is 0 Å². The average Bonchev–Trinajstić information content (AvgIpc) is 3.11. The predicted molar refractivity (Wildman–Crippen MR) is 168 cm³/mol. The molecule has 0 radical (unpaired) electrons. The molecule has 12 heteroatoms. The SMILES string of the molecule is CCO[C@H]1CC[C@H]([C@H](c2ccc(Cl)c(F)c2)[C@H](N)C(=O)Nc2cccc(F)c2CC[C@H]2CN[C@@H]3CCCS(=O)(=O)N2C3)CC1. The van der Waals surface area contributed by atoms with E-state index in [1.165, 1.54) is 24.3 Å². The molecule has 5 atom stereocenters. The molecule has 2 heterocycles. The van der Waals surface area contributed by atoms with Crippen molar-refractivity contribution in [1.29, 1.82) is 0 Å². The molecule has 2 bridgehead atoms. The molecule has 0 aromatic heterocycles. The Labute approximate surface area is 264 Å². The van der Waals surface area contributed by atoms with Gasteiger partial charge in [-0.25, -0.2) is 17.2 Å². The minimum atomic E-state index is -3.38. The molecule has 1 unspecified atom stereocenters. The number of piperazine rings is 1. The van der Waals surface area contributed by atoms with Crippen LogP contribution >= 0.6 is 11.6 Å².